The van der Waals surface area contributed by atoms with Crippen LogP contribution in [0.15, 0.2) is 28.9 Å². The maximum Gasteiger partial charge on any atom is 0.144 e. The Bertz CT molecular complexity index is 485. The van der Waals surface area contributed by atoms with Crippen LogP contribution in [-0.2, 0) is 0 Å². The third-order valence-corrected chi connectivity index (χ3v) is 2.74. The molecule has 0 radical (unpaired) electrons. The van der Waals surface area contributed by atoms with Crippen LogP contribution in [0, 0.1) is 5.92 Å². The Balaban J connectivity index is 2.62. The monoisotopic (exact) mass is 220 g/mol. The highest BCUT2D eigenvalue weighted by molar-refractivity contribution is 5.90. The molecule has 2 aromatic rings. The molecular formula is C13H16O3. The van der Waals surface area contributed by atoms with E-state index in [0.29, 0.717) is 5.76 Å². The quantitative estimate of drug-likeness (QED) is 0.864. The molecule has 1 unspecified atom stereocenters. The van der Waals surface area contributed by atoms with Gasteiger partial charge in [0.05, 0.1) is 18.8 Å². The van der Waals surface area contributed by atoms with E-state index in [1.165, 1.54) is 0 Å². The molecule has 0 aliphatic rings. The molecule has 86 valence electrons. The predicted octanol–water partition coefficient (Wildman–Crippen LogP) is 3.13. The minimum atomic E-state index is -0.603. The van der Waals surface area contributed by atoms with Gasteiger partial charge in [0.1, 0.15) is 17.6 Å². The highest BCUT2D eigenvalue weighted by atomic mass is 16.5. The summed E-state index contributed by atoms with van der Waals surface area (Å²) < 4.78 is 10.7. The molecule has 0 aliphatic heterocycles. The van der Waals surface area contributed by atoms with Crippen LogP contribution >= 0.6 is 0 Å². The molecule has 0 fully saturated rings. The van der Waals surface area contributed by atoms with Crippen molar-refractivity contribution in [2.24, 2.45) is 5.92 Å². The maximum atomic E-state index is 10.1. The van der Waals surface area contributed by atoms with Crippen molar-refractivity contribution in [3.8, 4) is 5.75 Å². The topological polar surface area (TPSA) is 42.6 Å². The van der Waals surface area contributed by atoms with Crippen LogP contribution in [0.1, 0.15) is 25.7 Å². The number of benzene rings is 1. The number of aliphatic hydroxyl groups excluding tert-OH is 1. The van der Waals surface area contributed by atoms with Crippen LogP contribution in [0.2, 0.25) is 0 Å². The molecule has 1 N–H and O–H groups in total. The van der Waals surface area contributed by atoms with Crippen LogP contribution in [0.4, 0.5) is 0 Å². The van der Waals surface area contributed by atoms with Crippen molar-refractivity contribution in [1.82, 2.24) is 0 Å². The number of hydrogen-bond donors (Lipinski definition) is 1. The summed E-state index contributed by atoms with van der Waals surface area (Å²) in [6.07, 6.45) is 1.05. The Morgan fingerprint density at radius 3 is 2.69 bits per heavy atom. The zero-order chi connectivity index (χ0) is 11.7. The highest BCUT2D eigenvalue weighted by Gasteiger charge is 2.21. The summed E-state index contributed by atoms with van der Waals surface area (Å²) in [6, 6.07) is 5.72. The molecule has 0 saturated heterocycles. The minimum absolute atomic E-state index is 0.110. The SMILES string of the molecule is COc1cccc2coc(C(O)C(C)C)c12. The van der Waals surface area contributed by atoms with Crippen LogP contribution in [0.3, 0.4) is 0 Å². The number of hydrogen-bond acceptors (Lipinski definition) is 3. The van der Waals surface area contributed by atoms with Crippen molar-refractivity contribution < 1.29 is 14.3 Å². The van der Waals surface area contributed by atoms with Gasteiger partial charge in [0.15, 0.2) is 0 Å². The average molecular weight is 220 g/mol. The number of methoxy groups -OCH3 is 1. The van der Waals surface area contributed by atoms with E-state index in [2.05, 4.69) is 0 Å². The molecule has 1 aromatic heterocycles. The molecule has 0 spiro atoms. The first-order chi connectivity index (χ1) is 7.65. The lowest BCUT2D eigenvalue weighted by molar-refractivity contribution is 0.104. The molecule has 2 rings (SSSR count). The predicted molar refractivity (Wildman–Crippen MR) is 62.6 cm³/mol. The Morgan fingerprint density at radius 1 is 1.31 bits per heavy atom. The van der Waals surface area contributed by atoms with Gasteiger partial charge in [-0.15, -0.1) is 0 Å². The standard InChI is InChI=1S/C13H16O3/c1-8(2)12(14)13-11-9(7-16-13)5-4-6-10(11)15-3/h4-8,12,14H,1-3H3. The van der Waals surface area contributed by atoms with E-state index < -0.39 is 6.10 Å². The number of fused-ring (bicyclic) bond motifs is 1. The average Bonchev–Trinajstić information content (AvgIpc) is 2.71. The molecule has 0 bridgehead atoms. The third kappa shape index (κ3) is 1.67. The molecule has 0 saturated carbocycles. The van der Waals surface area contributed by atoms with E-state index in [9.17, 15) is 5.11 Å². The first-order valence-corrected chi connectivity index (χ1v) is 5.37. The smallest absolute Gasteiger partial charge is 0.144 e. The fourth-order valence-corrected chi connectivity index (χ4v) is 1.79. The molecule has 0 aliphatic carbocycles. The number of aliphatic hydroxyl groups is 1. The zero-order valence-electron chi connectivity index (χ0n) is 9.73. The normalized spacial score (nSPS) is 13.3. The summed E-state index contributed by atoms with van der Waals surface area (Å²) in [5, 5.41) is 11.9. The van der Waals surface area contributed by atoms with E-state index >= 15 is 0 Å². The van der Waals surface area contributed by atoms with E-state index in [0.717, 1.165) is 16.5 Å². The summed E-state index contributed by atoms with van der Waals surface area (Å²) in [5.74, 6) is 1.43. The Morgan fingerprint density at radius 2 is 2.06 bits per heavy atom. The van der Waals surface area contributed by atoms with Crippen LogP contribution in [0.25, 0.3) is 10.8 Å². The molecule has 3 heteroatoms. The lowest BCUT2D eigenvalue weighted by Gasteiger charge is -2.13. The van der Waals surface area contributed by atoms with Crippen molar-refractivity contribution in [2.45, 2.75) is 20.0 Å². The first kappa shape index (κ1) is 11.0. The van der Waals surface area contributed by atoms with Crippen molar-refractivity contribution in [3.05, 3.63) is 30.2 Å². The summed E-state index contributed by atoms with van der Waals surface area (Å²) in [7, 11) is 1.62. The van der Waals surface area contributed by atoms with Gasteiger partial charge in [0.2, 0.25) is 0 Å². The molecule has 1 heterocycles. The van der Waals surface area contributed by atoms with Crippen LogP contribution < -0.4 is 4.74 Å². The second kappa shape index (κ2) is 4.18. The van der Waals surface area contributed by atoms with Crippen LogP contribution in [-0.4, -0.2) is 12.2 Å². The fraction of sp³-hybridized carbons (Fsp3) is 0.385. The summed E-state index contributed by atoms with van der Waals surface area (Å²) >= 11 is 0. The van der Waals surface area contributed by atoms with Gasteiger partial charge in [-0.1, -0.05) is 26.0 Å². The van der Waals surface area contributed by atoms with Crippen LogP contribution in [0.5, 0.6) is 5.75 Å². The number of furan rings is 1. The van der Waals surface area contributed by atoms with Crippen molar-refractivity contribution in [3.63, 3.8) is 0 Å². The van der Waals surface area contributed by atoms with Gasteiger partial charge < -0.3 is 14.3 Å². The third-order valence-electron chi connectivity index (χ3n) is 2.74. The van der Waals surface area contributed by atoms with Gasteiger partial charge in [-0.3, -0.25) is 0 Å². The Hall–Kier alpha value is -1.48. The van der Waals surface area contributed by atoms with Crippen molar-refractivity contribution in [1.29, 1.82) is 0 Å². The zero-order valence-corrected chi connectivity index (χ0v) is 9.73. The molecule has 0 amide bonds. The van der Waals surface area contributed by atoms with Crippen molar-refractivity contribution >= 4 is 10.8 Å². The van der Waals surface area contributed by atoms with Gasteiger partial charge in [-0.25, -0.2) is 0 Å². The largest absolute Gasteiger partial charge is 0.496 e. The minimum Gasteiger partial charge on any atom is -0.496 e. The molecule has 1 atom stereocenters. The Labute approximate surface area is 94.6 Å². The van der Waals surface area contributed by atoms with Gasteiger partial charge >= 0.3 is 0 Å². The highest BCUT2D eigenvalue weighted by Crippen LogP contribution is 2.36. The van der Waals surface area contributed by atoms with E-state index in [1.807, 2.05) is 32.0 Å². The van der Waals surface area contributed by atoms with E-state index in [1.54, 1.807) is 13.4 Å². The van der Waals surface area contributed by atoms with Gasteiger partial charge in [0.25, 0.3) is 0 Å². The number of rotatable bonds is 3. The summed E-state index contributed by atoms with van der Waals surface area (Å²) in [4.78, 5) is 0. The lowest BCUT2D eigenvalue weighted by atomic mass is 10.0. The number of ether oxygens (including phenoxy) is 1. The van der Waals surface area contributed by atoms with E-state index in [-0.39, 0.29) is 5.92 Å². The van der Waals surface area contributed by atoms with Crippen molar-refractivity contribution in [2.75, 3.05) is 7.11 Å². The van der Waals surface area contributed by atoms with Gasteiger partial charge in [-0.2, -0.15) is 0 Å². The molecular weight excluding hydrogens is 204 g/mol. The molecule has 16 heavy (non-hydrogen) atoms. The summed E-state index contributed by atoms with van der Waals surface area (Å²) in [6.45, 7) is 3.91. The molecule has 1 aromatic carbocycles. The first-order valence-electron chi connectivity index (χ1n) is 5.37. The van der Waals surface area contributed by atoms with Gasteiger partial charge in [-0.05, 0) is 12.0 Å². The van der Waals surface area contributed by atoms with Gasteiger partial charge in [0, 0.05) is 5.39 Å². The second-order valence-electron chi connectivity index (χ2n) is 4.21. The summed E-state index contributed by atoms with van der Waals surface area (Å²) in [5.41, 5.74) is 0. The Kier molecular flexibility index (Phi) is 2.88. The lowest BCUT2D eigenvalue weighted by Crippen LogP contribution is -2.04. The fourth-order valence-electron chi connectivity index (χ4n) is 1.79. The maximum absolute atomic E-state index is 10.1. The molecule has 3 nitrogen and oxygen atoms in total. The second-order valence-corrected chi connectivity index (χ2v) is 4.21. The van der Waals surface area contributed by atoms with E-state index in [4.69, 9.17) is 9.15 Å².